The fourth-order valence-electron chi connectivity index (χ4n) is 3.46. The minimum atomic E-state index is -1.86. The van der Waals surface area contributed by atoms with Crippen LogP contribution in [0.2, 0.25) is 0 Å². The van der Waals surface area contributed by atoms with Crippen LogP contribution in [0.15, 0.2) is 0 Å². The van der Waals surface area contributed by atoms with Crippen LogP contribution in [0.25, 0.3) is 0 Å². The van der Waals surface area contributed by atoms with Crippen LogP contribution in [0.1, 0.15) is 20.8 Å². The molecule has 0 unspecified atom stereocenters. The highest BCUT2D eigenvalue weighted by Crippen LogP contribution is 2.30. The van der Waals surface area contributed by atoms with Gasteiger partial charge in [0.1, 0.15) is 54.9 Å². The zero-order chi connectivity index (χ0) is 23.6. The zero-order valence-corrected chi connectivity index (χ0v) is 17.3. The van der Waals surface area contributed by atoms with Crippen molar-refractivity contribution in [2.45, 2.75) is 107 Å². The molecule has 31 heavy (non-hydrogen) atoms. The Morgan fingerprint density at radius 3 is 1.90 bits per heavy atom. The molecule has 0 aliphatic carbocycles. The van der Waals surface area contributed by atoms with E-state index in [2.05, 4.69) is 0 Å². The van der Waals surface area contributed by atoms with Gasteiger partial charge in [-0.2, -0.15) is 0 Å². The predicted molar refractivity (Wildman–Crippen MR) is 98.2 cm³/mol. The number of hydrogen-bond donors (Lipinski definition) is 8. The van der Waals surface area contributed by atoms with E-state index in [0.717, 1.165) is 0 Å². The second-order valence-corrected chi connectivity index (χ2v) is 7.93. The predicted octanol–water partition coefficient (Wildman–Crippen LogP) is -4.65. The van der Waals surface area contributed by atoms with Gasteiger partial charge in [0, 0.05) is 0 Å². The molecule has 0 spiro atoms. The topological polar surface area (TPSA) is 216 Å². The molecule has 182 valence electrons. The molecule has 2 heterocycles. The summed E-state index contributed by atoms with van der Waals surface area (Å²) in [6.45, 7) is 4.06. The average molecular weight is 456 g/mol. The maximum Gasteiger partial charge on any atom is 0.187 e. The molecular formula is C18H32O13. The van der Waals surface area contributed by atoms with Gasteiger partial charge in [-0.3, -0.25) is 0 Å². The first kappa shape index (κ1) is 26.4. The first-order valence-electron chi connectivity index (χ1n) is 9.92. The number of hydrogen-bond acceptors (Lipinski definition) is 13. The third-order valence-corrected chi connectivity index (χ3v) is 5.47. The number of ether oxygens (including phenoxy) is 4. The Morgan fingerprint density at radius 2 is 1.35 bits per heavy atom. The Hall–Kier alpha value is -0.810. The Kier molecular flexibility index (Phi) is 9.27. The summed E-state index contributed by atoms with van der Waals surface area (Å²) in [6.07, 6.45) is -20.9. The van der Waals surface area contributed by atoms with Gasteiger partial charge in [-0.15, -0.1) is 0 Å². The molecule has 13 heteroatoms. The quantitative estimate of drug-likeness (QED) is 0.161. The fourth-order valence-corrected chi connectivity index (χ4v) is 3.46. The van der Waals surface area contributed by atoms with Crippen molar-refractivity contribution in [3.63, 3.8) is 0 Å². The van der Waals surface area contributed by atoms with E-state index in [1.54, 1.807) is 0 Å². The lowest BCUT2D eigenvalue weighted by atomic mass is 9.97. The molecule has 14 atom stereocenters. The summed E-state index contributed by atoms with van der Waals surface area (Å²) >= 11 is 0. The lowest BCUT2D eigenvalue weighted by molar-refractivity contribution is -0.360. The molecule has 8 N–H and O–H groups in total. The Bertz CT molecular complexity index is 577. The third kappa shape index (κ3) is 5.76. The minimum absolute atomic E-state index is 0.0694. The van der Waals surface area contributed by atoms with Crippen LogP contribution in [0.5, 0.6) is 0 Å². The summed E-state index contributed by atoms with van der Waals surface area (Å²) in [4.78, 5) is 10.9. The molecule has 2 saturated heterocycles. The standard InChI is InChI=1S/C18H32O13/c1-5(20)9(22)16(8(21)4-19)31-18-14(27)12(25)15(7(3)29-18)30-17-13(26)11(24)10(23)6(2)28-17/h4-18,20-27H,1-3H3/t5-,6+,7+,8-,9-,10+,11-,12+,13-,14-,15+,16-,17-,18+/m1/s1. The van der Waals surface area contributed by atoms with Crippen LogP contribution in [-0.4, -0.2) is 133 Å². The second-order valence-electron chi connectivity index (χ2n) is 7.93. The van der Waals surface area contributed by atoms with Crippen molar-refractivity contribution in [3.8, 4) is 0 Å². The molecular weight excluding hydrogens is 424 g/mol. The summed E-state index contributed by atoms with van der Waals surface area (Å²) in [5, 5.41) is 80.0. The number of aldehydes is 1. The van der Waals surface area contributed by atoms with Crippen LogP contribution in [0, 0.1) is 0 Å². The van der Waals surface area contributed by atoms with Gasteiger partial charge in [0.25, 0.3) is 0 Å². The van der Waals surface area contributed by atoms with Gasteiger partial charge in [-0.05, 0) is 20.8 Å². The van der Waals surface area contributed by atoms with Crippen molar-refractivity contribution in [2.24, 2.45) is 0 Å². The molecule has 0 amide bonds. The van der Waals surface area contributed by atoms with Gasteiger partial charge in [0.2, 0.25) is 0 Å². The summed E-state index contributed by atoms with van der Waals surface area (Å²) in [6, 6.07) is 0. The minimum Gasteiger partial charge on any atom is -0.391 e. The van der Waals surface area contributed by atoms with Crippen LogP contribution in [0.4, 0.5) is 0 Å². The highest BCUT2D eigenvalue weighted by molar-refractivity contribution is 5.56. The zero-order valence-electron chi connectivity index (χ0n) is 17.3. The van der Waals surface area contributed by atoms with Crippen LogP contribution < -0.4 is 0 Å². The molecule has 0 aromatic heterocycles. The first-order valence-corrected chi connectivity index (χ1v) is 9.92. The fraction of sp³-hybridized carbons (Fsp3) is 0.944. The number of rotatable bonds is 8. The normalized spacial score (nSPS) is 45.5. The van der Waals surface area contributed by atoms with Crippen molar-refractivity contribution < 1.29 is 64.6 Å². The lowest BCUT2D eigenvalue weighted by Crippen LogP contribution is -2.64. The van der Waals surface area contributed by atoms with E-state index >= 15 is 0 Å². The summed E-state index contributed by atoms with van der Waals surface area (Å²) in [7, 11) is 0. The van der Waals surface area contributed by atoms with E-state index in [0.29, 0.717) is 0 Å². The monoisotopic (exact) mass is 456 g/mol. The largest absolute Gasteiger partial charge is 0.391 e. The number of carbonyl (C=O) groups is 1. The maximum absolute atomic E-state index is 10.9. The molecule has 2 aliphatic heterocycles. The van der Waals surface area contributed by atoms with Crippen LogP contribution in [0.3, 0.4) is 0 Å². The van der Waals surface area contributed by atoms with E-state index in [4.69, 9.17) is 18.9 Å². The van der Waals surface area contributed by atoms with Crippen molar-refractivity contribution in [1.29, 1.82) is 0 Å². The molecule has 13 nitrogen and oxygen atoms in total. The number of aliphatic hydroxyl groups is 8. The molecule has 0 saturated carbocycles. The Balaban J connectivity index is 2.10. The van der Waals surface area contributed by atoms with Gasteiger partial charge in [0.05, 0.1) is 18.3 Å². The van der Waals surface area contributed by atoms with Crippen LogP contribution >= 0.6 is 0 Å². The summed E-state index contributed by atoms with van der Waals surface area (Å²) in [5.41, 5.74) is 0. The van der Waals surface area contributed by atoms with Gasteiger partial charge in [-0.1, -0.05) is 0 Å². The molecule has 2 aliphatic rings. The number of carbonyl (C=O) groups excluding carboxylic acids is 1. The van der Waals surface area contributed by atoms with Crippen molar-refractivity contribution in [2.75, 3.05) is 0 Å². The molecule has 2 fully saturated rings. The Labute approximate surface area is 178 Å². The van der Waals surface area contributed by atoms with Crippen LogP contribution in [-0.2, 0) is 23.7 Å². The van der Waals surface area contributed by atoms with Gasteiger partial charge in [0.15, 0.2) is 18.9 Å². The molecule has 0 aromatic rings. The van der Waals surface area contributed by atoms with E-state index in [1.165, 1.54) is 20.8 Å². The van der Waals surface area contributed by atoms with E-state index in [-0.39, 0.29) is 6.29 Å². The van der Waals surface area contributed by atoms with Gasteiger partial charge >= 0.3 is 0 Å². The lowest BCUT2D eigenvalue weighted by Gasteiger charge is -2.46. The highest BCUT2D eigenvalue weighted by Gasteiger charge is 2.50. The van der Waals surface area contributed by atoms with E-state index in [1.807, 2.05) is 0 Å². The SMILES string of the molecule is C[C@@H]1O[C@H](O[C@@H]2[C@@H](O)[C@@H](O)[C@H](O[C@@H]([C@H](O)[C@@H](C)O)[C@H](O)C=O)O[C@H]2C)[C@H](O)[C@H](O)[C@H]1O. The van der Waals surface area contributed by atoms with E-state index < -0.39 is 85.8 Å². The van der Waals surface area contributed by atoms with E-state index in [9.17, 15) is 45.6 Å². The molecule has 2 rings (SSSR count). The first-order chi connectivity index (χ1) is 14.4. The Morgan fingerprint density at radius 1 is 0.806 bits per heavy atom. The summed E-state index contributed by atoms with van der Waals surface area (Å²) in [5.74, 6) is 0. The van der Waals surface area contributed by atoms with Crippen molar-refractivity contribution in [3.05, 3.63) is 0 Å². The third-order valence-electron chi connectivity index (χ3n) is 5.47. The van der Waals surface area contributed by atoms with Crippen molar-refractivity contribution in [1.82, 2.24) is 0 Å². The molecule has 0 aromatic carbocycles. The van der Waals surface area contributed by atoms with Gasteiger partial charge in [-0.25, -0.2) is 0 Å². The molecule has 0 radical (unpaired) electrons. The number of aliphatic hydroxyl groups excluding tert-OH is 8. The average Bonchev–Trinajstić information content (AvgIpc) is 2.73. The second kappa shape index (κ2) is 10.9. The molecule has 0 bridgehead atoms. The summed E-state index contributed by atoms with van der Waals surface area (Å²) < 4.78 is 21.6. The smallest absolute Gasteiger partial charge is 0.187 e. The highest BCUT2D eigenvalue weighted by atomic mass is 16.7. The maximum atomic E-state index is 10.9. The van der Waals surface area contributed by atoms with Gasteiger partial charge < -0.3 is 64.6 Å². The van der Waals surface area contributed by atoms with Crippen molar-refractivity contribution >= 4 is 6.29 Å².